The summed E-state index contributed by atoms with van der Waals surface area (Å²) in [5, 5.41) is 8.84. The molecule has 28 heavy (non-hydrogen) atoms. The highest BCUT2D eigenvalue weighted by atomic mass is 35.5. The van der Waals surface area contributed by atoms with E-state index in [1.807, 2.05) is 30.3 Å². The van der Waals surface area contributed by atoms with Gasteiger partial charge in [0.2, 0.25) is 5.91 Å². The van der Waals surface area contributed by atoms with Gasteiger partial charge in [-0.2, -0.15) is 0 Å². The van der Waals surface area contributed by atoms with Crippen LogP contribution < -0.4 is 16.0 Å². The summed E-state index contributed by atoms with van der Waals surface area (Å²) in [6, 6.07) is 23.3. The molecule has 5 nitrogen and oxygen atoms in total. The number of halogens is 1. The fraction of sp³-hybridized carbons (Fsp3) is 0.0909. The van der Waals surface area contributed by atoms with E-state index in [2.05, 4.69) is 16.0 Å². The van der Waals surface area contributed by atoms with E-state index in [0.717, 1.165) is 5.56 Å². The number of benzene rings is 3. The third-order valence-corrected chi connectivity index (χ3v) is 4.21. The molecule has 3 amide bonds. The normalized spacial score (nSPS) is 10.2. The summed E-state index contributed by atoms with van der Waals surface area (Å²) in [4.78, 5) is 24.3. The maximum absolute atomic E-state index is 12.2. The molecule has 0 heterocycles. The summed E-state index contributed by atoms with van der Waals surface area (Å²) in [5.74, 6) is -0.0793. The van der Waals surface area contributed by atoms with Crippen LogP contribution in [0.15, 0.2) is 78.9 Å². The molecule has 0 unspecified atom stereocenters. The topological polar surface area (TPSA) is 70.2 Å². The first-order chi connectivity index (χ1) is 13.6. The minimum Gasteiger partial charge on any atom is -0.326 e. The summed E-state index contributed by atoms with van der Waals surface area (Å²) in [7, 11) is 0. The van der Waals surface area contributed by atoms with Crippen LogP contribution in [-0.4, -0.2) is 11.9 Å². The Kier molecular flexibility index (Phi) is 6.65. The van der Waals surface area contributed by atoms with Crippen LogP contribution in [0.2, 0.25) is 5.02 Å². The SMILES string of the molecule is O=C(CCc1ccccc1)Nc1cccc(NC(=O)Nc2cccc(Cl)c2)c1. The zero-order valence-corrected chi connectivity index (χ0v) is 15.9. The van der Waals surface area contributed by atoms with Gasteiger partial charge in [-0.1, -0.05) is 54.1 Å². The predicted molar refractivity (Wildman–Crippen MR) is 114 cm³/mol. The molecule has 3 rings (SSSR count). The van der Waals surface area contributed by atoms with Crippen LogP contribution >= 0.6 is 11.6 Å². The van der Waals surface area contributed by atoms with Crippen LogP contribution in [0.25, 0.3) is 0 Å². The van der Waals surface area contributed by atoms with E-state index in [9.17, 15) is 9.59 Å². The fourth-order valence-electron chi connectivity index (χ4n) is 2.66. The van der Waals surface area contributed by atoms with Crippen LogP contribution in [0.1, 0.15) is 12.0 Å². The first-order valence-electron chi connectivity index (χ1n) is 8.86. The molecule has 0 aliphatic rings. The smallest absolute Gasteiger partial charge is 0.323 e. The van der Waals surface area contributed by atoms with Crippen LogP contribution in [0.3, 0.4) is 0 Å². The van der Waals surface area contributed by atoms with Crippen LogP contribution in [0.4, 0.5) is 21.9 Å². The second-order valence-corrected chi connectivity index (χ2v) is 6.64. The molecular weight excluding hydrogens is 374 g/mol. The summed E-state index contributed by atoms with van der Waals surface area (Å²) < 4.78 is 0. The molecule has 0 radical (unpaired) electrons. The van der Waals surface area contributed by atoms with Crippen molar-refractivity contribution < 1.29 is 9.59 Å². The van der Waals surface area contributed by atoms with Gasteiger partial charge in [-0.05, 0) is 48.4 Å². The lowest BCUT2D eigenvalue weighted by Crippen LogP contribution is -2.19. The molecule has 3 aromatic rings. The lowest BCUT2D eigenvalue weighted by molar-refractivity contribution is -0.116. The summed E-state index contributed by atoms with van der Waals surface area (Å²) in [6.07, 6.45) is 1.06. The highest BCUT2D eigenvalue weighted by Crippen LogP contribution is 2.18. The van der Waals surface area contributed by atoms with Gasteiger partial charge in [-0.3, -0.25) is 4.79 Å². The molecule has 0 aliphatic carbocycles. The molecule has 0 atom stereocenters. The number of hydrogen-bond donors (Lipinski definition) is 3. The van der Waals surface area contributed by atoms with Crippen LogP contribution in [0.5, 0.6) is 0 Å². The Hall–Kier alpha value is -3.31. The number of amides is 3. The Bertz CT molecular complexity index is 961. The Morgan fingerprint density at radius 3 is 2.00 bits per heavy atom. The lowest BCUT2D eigenvalue weighted by Gasteiger charge is -2.10. The largest absolute Gasteiger partial charge is 0.326 e. The molecule has 0 aromatic heterocycles. The molecule has 0 fully saturated rings. The van der Waals surface area contributed by atoms with Gasteiger partial charge in [-0.15, -0.1) is 0 Å². The van der Waals surface area contributed by atoms with Crippen molar-refractivity contribution in [1.82, 2.24) is 0 Å². The van der Waals surface area contributed by atoms with Gasteiger partial charge in [0.15, 0.2) is 0 Å². The Balaban J connectivity index is 1.53. The van der Waals surface area contributed by atoms with Gasteiger partial charge < -0.3 is 16.0 Å². The molecular formula is C22H20ClN3O2. The number of carbonyl (C=O) groups is 2. The van der Waals surface area contributed by atoms with Crippen molar-refractivity contribution in [2.75, 3.05) is 16.0 Å². The van der Waals surface area contributed by atoms with Crippen molar-refractivity contribution in [2.24, 2.45) is 0 Å². The predicted octanol–water partition coefficient (Wildman–Crippen LogP) is 5.56. The van der Waals surface area contributed by atoms with Crippen molar-refractivity contribution >= 4 is 40.6 Å². The van der Waals surface area contributed by atoms with E-state index in [1.54, 1.807) is 48.5 Å². The van der Waals surface area contributed by atoms with E-state index in [-0.39, 0.29) is 5.91 Å². The molecule has 0 saturated carbocycles. The number of rotatable bonds is 6. The maximum Gasteiger partial charge on any atom is 0.323 e. The van der Waals surface area contributed by atoms with Gasteiger partial charge in [0, 0.05) is 28.5 Å². The number of carbonyl (C=O) groups excluding carboxylic acids is 2. The minimum atomic E-state index is -0.394. The quantitative estimate of drug-likeness (QED) is 0.513. The monoisotopic (exact) mass is 393 g/mol. The van der Waals surface area contributed by atoms with E-state index < -0.39 is 6.03 Å². The van der Waals surface area contributed by atoms with Crippen molar-refractivity contribution in [2.45, 2.75) is 12.8 Å². The summed E-state index contributed by atoms with van der Waals surface area (Å²) >= 11 is 5.91. The van der Waals surface area contributed by atoms with Gasteiger partial charge in [0.25, 0.3) is 0 Å². The molecule has 3 aromatic carbocycles. The van der Waals surface area contributed by atoms with E-state index in [0.29, 0.717) is 34.9 Å². The molecule has 3 N–H and O–H groups in total. The summed E-state index contributed by atoms with van der Waals surface area (Å²) in [5.41, 5.74) is 2.90. The van der Waals surface area contributed by atoms with Gasteiger partial charge >= 0.3 is 6.03 Å². The fourth-order valence-corrected chi connectivity index (χ4v) is 2.85. The molecule has 0 bridgehead atoms. The van der Waals surface area contributed by atoms with Crippen molar-refractivity contribution in [3.63, 3.8) is 0 Å². The number of nitrogens with one attached hydrogen (secondary N) is 3. The molecule has 6 heteroatoms. The van der Waals surface area contributed by atoms with Crippen molar-refractivity contribution in [1.29, 1.82) is 0 Å². The highest BCUT2D eigenvalue weighted by molar-refractivity contribution is 6.30. The standard InChI is InChI=1S/C22H20ClN3O2/c23-17-8-4-9-18(14-17)25-22(28)26-20-11-5-10-19(15-20)24-21(27)13-12-16-6-2-1-3-7-16/h1-11,14-15H,12-13H2,(H,24,27)(H2,25,26,28). The lowest BCUT2D eigenvalue weighted by atomic mass is 10.1. The summed E-state index contributed by atoms with van der Waals surface area (Å²) in [6.45, 7) is 0. The Morgan fingerprint density at radius 2 is 1.32 bits per heavy atom. The van der Waals surface area contributed by atoms with Crippen molar-refractivity contribution in [3.8, 4) is 0 Å². The van der Waals surface area contributed by atoms with E-state index in [1.165, 1.54) is 0 Å². The molecule has 142 valence electrons. The Labute approximate surface area is 168 Å². The van der Waals surface area contributed by atoms with Gasteiger partial charge in [0.05, 0.1) is 0 Å². The average molecular weight is 394 g/mol. The third-order valence-electron chi connectivity index (χ3n) is 3.97. The minimum absolute atomic E-state index is 0.0793. The number of hydrogen-bond acceptors (Lipinski definition) is 2. The first-order valence-corrected chi connectivity index (χ1v) is 9.24. The third kappa shape index (κ3) is 6.14. The van der Waals surface area contributed by atoms with Gasteiger partial charge in [-0.25, -0.2) is 4.79 Å². The Morgan fingerprint density at radius 1 is 0.714 bits per heavy atom. The van der Waals surface area contributed by atoms with Crippen molar-refractivity contribution in [3.05, 3.63) is 89.4 Å². The number of aryl methyl sites for hydroxylation is 1. The molecule has 0 aliphatic heterocycles. The maximum atomic E-state index is 12.2. The van der Waals surface area contributed by atoms with E-state index in [4.69, 9.17) is 11.6 Å². The first kappa shape index (κ1) is 19.5. The van der Waals surface area contributed by atoms with Crippen LogP contribution in [-0.2, 0) is 11.2 Å². The molecule has 0 spiro atoms. The van der Waals surface area contributed by atoms with Gasteiger partial charge in [0.1, 0.15) is 0 Å². The zero-order chi connectivity index (χ0) is 19.8. The average Bonchev–Trinajstić information content (AvgIpc) is 2.67. The second kappa shape index (κ2) is 9.58. The van der Waals surface area contributed by atoms with Crippen LogP contribution in [0, 0.1) is 0 Å². The highest BCUT2D eigenvalue weighted by Gasteiger charge is 2.06. The zero-order valence-electron chi connectivity index (χ0n) is 15.1. The number of anilines is 3. The molecule has 0 saturated heterocycles. The van der Waals surface area contributed by atoms with E-state index >= 15 is 0 Å². The number of urea groups is 1. The second-order valence-electron chi connectivity index (χ2n) is 6.20.